The Bertz CT molecular complexity index is 250. The predicted molar refractivity (Wildman–Crippen MR) is 75.7 cm³/mol. The molecule has 0 amide bonds. The Kier molecular flexibility index (Phi) is 7.87. The van der Waals surface area contributed by atoms with Crippen molar-refractivity contribution in [3.05, 3.63) is 0 Å². The first-order valence-corrected chi connectivity index (χ1v) is 8.05. The molecule has 0 N–H and O–H groups in total. The third-order valence-electron chi connectivity index (χ3n) is 2.63. The Morgan fingerprint density at radius 1 is 0.941 bits per heavy atom. The molecule has 0 saturated heterocycles. The van der Waals surface area contributed by atoms with Gasteiger partial charge in [0.05, 0.1) is 11.4 Å². The molecule has 0 aliphatic heterocycles. The standard InChI is InChI=1S/C12H26N2O2Si/c1-8-17(15-13-11(6)9(2)3)16-14-12(7)10(4)5/h9-10,17H,8H2,1-7H3. The van der Waals surface area contributed by atoms with Crippen molar-refractivity contribution in [1.82, 2.24) is 0 Å². The highest BCUT2D eigenvalue weighted by atomic mass is 28.3. The lowest BCUT2D eigenvalue weighted by Crippen LogP contribution is -2.19. The van der Waals surface area contributed by atoms with Crippen molar-refractivity contribution >= 4 is 20.7 Å². The lowest BCUT2D eigenvalue weighted by molar-refractivity contribution is 0.210. The first kappa shape index (κ1) is 16.2. The molecule has 0 radical (unpaired) electrons. The lowest BCUT2D eigenvalue weighted by Gasteiger charge is -2.12. The minimum atomic E-state index is -1.78. The van der Waals surface area contributed by atoms with Crippen molar-refractivity contribution < 1.29 is 9.05 Å². The van der Waals surface area contributed by atoms with E-state index >= 15 is 0 Å². The Labute approximate surface area is 107 Å². The normalized spacial score (nSPS) is 15.4. The van der Waals surface area contributed by atoms with Crippen molar-refractivity contribution in [1.29, 1.82) is 0 Å². The van der Waals surface area contributed by atoms with Crippen LogP contribution in [0, 0.1) is 11.8 Å². The highest BCUT2D eigenvalue weighted by Crippen LogP contribution is 2.04. The topological polar surface area (TPSA) is 43.2 Å². The van der Waals surface area contributed by atoms with Gasteiger partial charge in [-0.3, -0.25) is 0 Å². The van der Waals surface area contributed by atoms with Crippen molar-refractivity contribution in [3.63, 3.8) is 0 Å². The van der Waals surface area contributed by atoms with E-state index < -0.39 is 9.28 Å². The Balaban J connectivity index is 4.27. The smallest absolute Gasteiger partial charge is 0.411 e. The molecule has 17 heavy (non-hydrogen) atoms. The molecule has 0 fully saturated rings. The van der Waals surface area contributed by atoms with Gasteiger partial charge in [0.15, 0.2) is 0 Å². The second-order valence-corrected chi connectivity index (χ2v) is 6.92. The quantitative estimate of drug-likeness (QED) is 0.399. The molecular weight excluding hydrogens is 232 g/mol. The van der Waals surface area contributed by atoms with Gasteiger partial charge in [0.25, 0.3) is 0 Å². The third kappa shape index (κ3) is 7.15. The molecule has 0 spiro atoms. The van der Waals surface area contributed by atoms with Crippen molar-refractivity contribution in [2.45, 2.75) is 54.5 Å². The van der Waals surface area contributed by atoms with Gasteiger partial charge >= 0.3 is 9.28 Å². The molecule has 0 aromatic carbocycles. The van der Waals surface area contributed by atoms with Crippen LogP contribution in [-0.4, -0.2) is 20.7 Å². The predicted octanol–water partition coefficient (Wildman–Crippen LogP) is 3.32. The van der Waals surface area contributed by atoms with Crippen LogP contribution in [0.15, 0.2) is 10.3 Å². The van der Waals surface area contributed by atoms with Gasteiger partial charge in [0.1, 0.15) is 0 Å². The van der Waals surface area contributed by atoms with Crippen LogP contribution in [0.4, 0.5) is 0 Å². The molecule has 0 aliphatic carbocycles. The van der Waals surface area contributed by atoms with Gasteiger partial charge in [-0.05, 0) is 25.7 Å². The average Bonchev–Trinajstić information content (AvgIpc) is 2.28. The van der Waals surface area contributed by atoms with Gasteiger partial charge in [-0.15, -0.1) is 10.3 Å². The van der Waals surface area contributed by atoms with E-state index in [1.165, 1.54) is 0 Å². The van der Waals surface area contributed by atoms with Crippen molar-refractivity contribution in [3.8, 4) is 0 Å². The van der Waals surface area contributed by atoms with Crippen LogP contribution < -0.4 is 0 Å². The highest BCUT2D eigenvalue weighted by Gasteiger charge is 2.14. The highest BCUT2D eigenvalue weighted by molar-refractivity contribution is 6.44. The van der Waals surface area contributed by atoms with E-state index in [1.54, 1.807) is 0 Å². The van der Waals surface area contributed by atoms with Crippen molar-refractivity contribution in [2.75, 3.05) is 0 Å². The van der Waals surface area contributed by atoms with Crippen LogP contribution in [0.2, 0.25) is 6.04 Å². The van der Waals surface area contributed by atoms with Crippen LogP contribution in [0.25, 0.3) is 0 Å². The van der Waals surface area contributed by atoms with Gasteiger partial charge in [-0.25, -0.2) is 0 Å². The fourth-order valence-electron chi connectivity index (χ4n) is 0.663. The van der Waals surface area contributed by atoms with E-state index in [-0.39, 0.29) is 0 Å². The molecule has 4 nitrogen and oxygen atoms in total. The number of oxime groups is 2. The number of hydrogen-bond donors (Lipinski definition) is 0. The first-order valence-electron chi connectivity index (χ1n) is 6.29. The second-order valence-electron chi connectivity index (χ2n) is 4.82. The molecule has 0 aliphatic rings. The van der Waals surface area contributed by atoms with E-state index in [1.807, 2.05) is 20.8 Å². The molecule has 0 heterocycles. The summed E-state index contributed by atoms with van der Waals surface area (Å²) in [6.07, 6.45) is 0. The van der Waals surface area contributed by atoms with Crippen LogP contribution in [0.1, 0.15) is 48.5 Å². The van der Waals surface area contributed by atoms with E-state index in [9.17, 15) is 0 Å². The van der Waals surface area contributed by atoms with E-state index in [0.717, 1.165) is 17.5 Å². The van der Waals surface area contributed by atoms with Crippen LogP contribution in [-0.2, 0) is 9.05 Å². The monoisotopic (exact) mass is 258 g/mol. The maximum atomic E-state index is 5.44. The fraction of sp³-hybridized carbons (Fsp3) is 0.833. The van der Waals surface area contributed by atoms with E-state index in [2.05, 4.69) is 38.0 Å². The summed E-state index contributed by atoms with van der Waals surface area (Å²) in [7, 11) is -1.78. The Hall–Kier alpha value is -0.843. The summed E-state index contributed by atoms with van der Waals surface area (Å²) in [6, 6.07) is 0.851. The number of nitrogens with zero attached hydrogens (tertiary/aromatic N) is 2. The summed E-state index contributed by atoms with van der Waals surface area (Å²) in [5.74, 6) is 0.810. The van der Waals surface area contributed by atoms with Crippen LogP contribution in [0.5, 0.6) is 0 Å². The number of hydrogen-bond acceptors (Lipinski definition) is 4. The van der Waals surface area contributed by atoms with Gasteiger partial charge < -0.3 is 9.05 Å². The molecule has 0 unspecified atom stereocenters. The maximum Gasteiger partial charge on any atom is 0.494 e. The van der Waals surface area contributed by atoms with Crippen molar-refractivity contribution in [2.24, 2.45) is 22.1 Å². The minimum Gasteiger partial charge on any atom is -0.411 e. The van der Waals surface area contributed by atoms with E-state index in [0.29, 0.717) is 11.8 Å². The summed E-state index contributed by atoms with van der Waals surface area (Å²) in [5.41, 5.74) is 1.98. The van der Waals surface area contributed by atoms with Gasteiger partial charge in [0.2, 0.25) is 0 Å². The Morgan fingerprint density at radius 3 is 1.53 bits per heavy atom. The zero-order valence-corrected chi connectivity index (χ0v) is 13.3. The minimum absolute atomic E-state index is 0.405. The zero-order valence-electron chi connectivity index (χ0n) is 12.2. The summed E-state index contributed by atoms with van der Waals surface area (Å²) in [6.45, 7) is 14.3. The summed E-state index contributed by atoms with van der Waals surface area (Å²) in [5, 5.41) is 8.20. The number of rotatable bonds is 7. The molecule has 0 aromatic rings. The maximum absolute atomic E-state index is 5.44. The zero-order chi connectivity index (χ0) is 13.4. The molecule has 5 heteroatoms. The molecule has 100 valence electrons. The van der Waals surface area contributed by atoms with Gasteiger partial charge in [-0.2, -0.15) is 0 Å². The summed E-state index contributed by atoms with van der Waals surface area (Å²) in [4.78, 5) is 0. The fourth-order valence-corrected chi connectivity index (χ4v) is 1.57. The molecule has 0 saturated carbocycles. The van der Waals surface area contributed by atoms with E-state index in [4.69, 9.17) is 9.05 Å². The average molecular weight is 258 g/mol. The summed E-state index contributed by atoms with van der Waals surface area (Å²) >= 11 is 0. The molecule has 0 aromatic heterocycles. The molecule has 0 atom stereocenters. The van der Waals surface area contributed by atoms with Crippen LogP contribution >= 0.6 is 0 Å². The SMILES string of the molecule is CC[SiH](ON=C(C)C(C)C)ON=C(C)C(C)C. The largest absolute Gasteiger partial charge is 0.494 e. The lowest BCUT2D eigenvalue weighted by atomic mass is 10.1. The molecule has 0 bridgehead atoms. The van der Waals surface area contributed by atoms with Gasteiger partial charge in [0, 0.05) is 6.04 Å². The molecule has 0 rings (SSSR count). The second kappa shape index (κ2) is 8.28. The Morgan fingerprint density at radius 2 is 1.29 bits per heavy atom. The van der Waals surface area contributed by atoms with Crippen LogP contribution in [0.3, 0.4) is 0 Å². The first-order chi connectivity index (χ1) is 7.88. The summed E-state index contributed by atoms with van der Waals surface area (Å²) < 4.78 is 10.9. The molecular formula is C12H26N2O2Si. The third-order valence-corrected chi connectivity index (χ3v) is 3.98. The van der Waals surface area contributed by atoms with Gasteiger partial charge in [-0.1, -0.05) is 34.6 Å².